The summed E-state index contributed by atoms with van der Waals surface area (Å²) in [5.41, 5.74) is -0.864. The van der Waals surface area contributed by atoms with Gasteiger partial charge in [0.1, 0.15) is 0 Å². The van der Waals surface area contributed by atoms with Crippen molar-refractivity contribution in [3.63, 3.8) is 0 Å². The van der Waals surface area contributed by atoms with Crippen LogP contribution in [0.5, 0.6) is 0 Å². The van der Waals surface area contributed by atoms with Crippen LogP contribution >= 0.6 is 0 Å². The minimum absolute atomic E-state index is 0.0430. The molecule has 0 amide bonds. The van der Waals surface area contributed by atoms with Crippen molar-refractivity contribution in [1.82, 2.24) is 14.3 Å². The van der Waals surface area contributed by atoms with Crippen molar-refractivity contribution in [2.75, 3.05) is 0 Å². The van der Waals surface area contributed by atoms with Gasteiger partial charge >= 0.3 is 5.69 Å². The lowest BCUT2D eigenvalue weighted by molar-refractivity contribution is 0.459. The minimum Gasteiger partial charge on any atom is -0.293 e. The lowest BCUT2D eigenvalue weighted by Crippen LogP contribution is -2.35. The van der Waals surface area contributed by atoms with Crippen LogP contribution in [-0.4, -0.2) is 23.5 Å². The number of aromatic nitrogens is 2. The Balaban J connectivity index is 1.83. The maximum absolute atomic E-state index is 12.5. The molecule has 7 nitrogen and oxygen atoms in total. The van der Waals surface area contributed by atoms with E-state index in [0.717, 1.165) is 25.7 Å². The third-order valence-electron chi connectivity index (χ3n) is 5.30. The molecule has 0 atom stereocenters. The van der Waals surface area contributed by atoms with E-state index in [9.17, 15) is 18.0 Å². The van der Waals surface area contributed by atoms with E-state index in [2.05, 4.69) is 16.6 Å². The molecule has 2 saturated carbocycles. The number of H-pyrrole nitrogens is 1. The molecule has 8 heteroatoms. The minimum atomic E-state index is -3.70. The third-order valence-corrected chi connectivity index (χ3v) is 6.94. The molecule has 0 unspecified atom stereocenters. The molecule has 0 radical (unpaired) electrons. The van der Waals surface area contributed by atoms with Crippen molar-refractivity contribution in [1.29, 1.82) is 0 Å². The van der Waals surface area contributed by atoms with Crippen LogP contribution in [0.1, 0.15) is 39.5 Å². The van der Waals surface area contributed by atoms with Gasteiger partial charge in [-0.1, -0.05) is 6.92 Å². The normalized spacial score (nSPS) is 20.6. The molecule has 2 aliphatic carbocycles. The average molecular weight is 363 g/mol. The number of fused-ring (bicyclic) bond motifs is 1. The van der Waals surface area contributed by atoms with Gasteiger partial charge in [0.25, 0.3) is 5.56 Å². The van der Waals surface area contributed by atoms with Gasteiger partial charge in [-0.25, -0.2) is 17.9 Å². The van der Waals surface area contributed by atoms with Gasteiger partial charge in [-0.05, 0) is 56.2 Å². The summed E-state index contributed by atoms with van der Waals surface area (Å²) in [5.74, 6) is 0. The second kappa shape index (κ2) is 5.04. The predicted octanol–water partition coefficient (Wildman–Crippen LogP) is 1.32. The van der Waals surface area contributed by atoms with Crippen LogP contribution in [0.2, 0.25) is 0 Å². The van der Waals surface area contributed by atoms with E-state index in [1.54, 1.807) is 6.07 Å². The van der Waals surface area contributed by atoms with E-state index in [-0.39, 0.29) is 21.2 Å². The molecular weight excluding hydrogens is 342 g/mol. The number of hydrogen-bond donors (Lipinski definition) is 2. The van der Waals surface area contributed by atoms with Crippen molar-refractivity contribution >= 4 is 20.9 Å². The van der Waals surface area contributed by atoms with Crippen LogP contribution in [0, 0.1) is 5.41 Å². The van der Waals surface area contributed by atoms with Crippen LogP contribution in [0.4, 0.5) is 0 Å². The molecule has 2 aliphatic rings. The van der Waals surface area contributed by atoms with Gasteiger partial charge in [0.2, 0.25) is 10.0 Å². The second-order valence-electron chi connectivity index (χ2n) is 8.00. The van der Waals surface area contributed by atoms with Crippen molar-refractivity contribution in [2.24, 2.45) is 5.41 Å². The zero-order chi connectivity index (χ0) is 18.0. The second-order valence-corrected chi connectivity index (χ2v) is 9.68. The first-order valence-corrected chi connectivity index (χ1v) is 9.90. The summed E-state index contributed by atoms with van der Waals surface area (Å²) >= 11 is 0. The van der Waals surface area contributed by atoms with Crippen molar-refractivity contribution < 1.29 is 8.42 Å². The summed E-state index contributed by atoms with van der Waals surface area (Å²) in [7, 11) is -3.70. The molecule has 4 rings (SSSR count). The summed E-state index contributed by atoms with van der Waals surface area (Å²) in [6.45, 7) is 4.46. The van der Waals surface area contributed by atoms with Gasteiger partial charge in [-0.2, -0.15) is 0 Å². The van der Waals surface area contributed by atoms with E-state index < -0.39 is 21.3 Å². The van der Waals surface area contributed by atoms with E-state index in [1.165, 1.54) is 16.7 Å². The number of nitrogens with zero attached hydrogens (tertiary/aromatic N) is 1. The van der Waals surface area contributed by atoms with Gasteiger partial charge in [0.05, 0.1) is 15.8 Å². The van der Waals surface area contributed by atoms with E-state index >= 15 is 0 Å². The lowest BCUT2D eigenvalue weighted by Gasteiger charge is -2.15. The maximum Gasteiger partial charge on any atom is 0.328 e. The Morgan fingerprint density at radius 2 is 1.84 bits per heavy atom. The van der Waals surface area contributed by atoms with Gasteiger partial charge < -0.3 is 0 Å². The first kappa shape index (κ1) is 16.5. The highest BCUT2D eigenvalue weighted by molar-refractivity contribution is 7.89. The zero-order valence-corrected chi connectivity index (χ0v) is 15.1. The molecule has 0 bridgehead atoms. The number of sulfonamides is 1. The molecule has 134 valence electrons. The SMILES string of the molecule is CC1(Cn2c(=O)[nH]c(=O)c3cc(S(=O)(=O)NC4(C)CC4)ccc32)CC1. The molecule has 0 saturated heterocycles. The quantitative estimate of drug-likeness (QED) is 0.836. The maximum atomic E-state index is 12.5. The van der Waals surface area contributed by atoms with Gasteiger partial charge in [-0.3, -0.25) is 14.3 Å². The fraction of sp³-hybridized carbons (Fsp3) is 0.529. The fourth-order valence-corrected chi connectivity index (χ4v) is 4.51. The standard InChI is InChI=1S/C17H21N3O4S/c1-16(5-6-16)10-20-13-4-3-11(9-12(13)14(21)18-15(20)22)25(23,24)19-17(2)7-8-17/h3-4,9,19H,5-8,10H2,1-2H3,(H,18,21,22). The summed E-state index contributed by atoms with van der Waals surface area (Å²) in [4.78, 5) is 26.8. The fourth-order valence-electron chi connectivity index (χ4n) is 3.02. The molecule has 1 aromatic carbocycles. The number of hydrogen-bond acceptors (Lipinski definition) is 4. The van der Waals surface area contributed by atoms with Crippen LogP contribution < -0.4 is 16.0 Å². The van der Waals surface area contributed by atoms with Crippen LogP contribution in [0.25, 0.3) is 10.9 Å². The lowest BCUT2D eigenvalue weighted by atomic mass is 10.1. The highest BCUT2D eigenvalue weighted by Crippen LogP contribution is 2.46. The Kier molecular flexibility index (Phi) is 3.34. The first-order chi connectivity index (χ1) is 11.6. The zero-order valence-electron chi connectivity index (χ0n) is 14.3. The summed E-state index contributed by atoms with van der Waals surface area (Å²) in [6.07, 6.45) is 3.68. The smallest absolute Gasteiger partial charge is 0.293 e. The molecule has 2 N–H and O–H groups in total. The average Bonchev–Trinajstić information content (AvgIpc) is 3.43. The van der Waals surface area contributed by atoms with Gasteiger partial charge in [0, 0.05) is 12.1 Å². The van der Waals surface area contributed by atoms with Crippen molar-refractivity contribution in [3.8, 4) is 0 Å². The highest BCUT2D eigenvalue weighted by atomic mass is 32.2. The number of nitrogens with one attached hydrogen (secondary N) is 2. The molecule has 2 fully saturated rings. The van der Waals surface area contributed by atoms with E-state index in [4.69, 9.17) is 0 Å². The van der Waals surface area contributed by atoms with Crippen LogP contribution in [0.15, 0.2) is 32.7 Å². The molecule has 0 aliphatic heterocycles. The summed E-state index contributed by atoms with van der Waals surface area (Å²) in [5, 5.41) is 0.215. The van der Waals surface area contributed by atoms with Crippen LogP contribution in [-0.2, 0) is 16.6 Å². The molecule has 1 heterocycles. The van der Waals surface area contributed by atoms with Crippen molar-refractivity contribution in [3.05, 3.63) is 39.0 Å². The summed E-state index contributed by atoms with van der Waals surface area (Å²) in [6, 6.07) is 4.37. The molecule has 25 heavy (non-hydrogen) atoms. The summed E-state index contributed by atoms with van der Waals surface area (Å²) < 4.78 is 29.3. The number of rotatable bonds is 5. The predicted molar refractivity (Wildman–Crippen MR) is 94.1 cm³/mol. The Hall–Kier alpha value is -1.93. The van der Waals surface area contributed by atoms with Gasteiger partial charge in [-0.15, -0.1) is 0 Å². The molecule has 2 aromatic rings. The topological polar surface area (TPSA) is 101 Å². The Morgan fingerprint density at radius 1 is 1.16 bits per heavy atom. The highest BCUT2D eigenvalue weighted by Gasteiger charge is 2.41. The monoisotopic (exact) mass is 363 g/mol. The Morgan fingerprint density at radius 3 is 2.44 bits per heavy atom. The molecule has 1 aromatic heterocycles. The Labute approximate surface area is 145 Å². The molecular formula is C17H21N3O4S. The van der Waals surface area contributed by atoms with Crippen molar-refractivity contribution in [2.45, 2.75) is 56.5 Å². The number of benzene rings is 1. The largest absolute Gasteiger partial charge is 0.328 e. The van der Waals surface area contributed by atoms with Gasteiger partial charge in [0.15, 0.2) is 0 Å². The third kappa shape index (κ3) is 3.04. The van der Waals surface area contributed by atoms with E-state index in [0.29, 0.717) is 12.1 Å². The number of aromatic amines is 1. The first-order valence-electron chi connectivity index (χ1n) is 8.42. The van der Waals surface area contributed by atoms with Crippen LogP contribution in [0.3, 0.4) is 0 Å². The molecule has 0 spiro atoms. The van der Waals surface area contributed by atoms with E-state index in [1.807, 2.05) is 6.92 Å². The Bertz CT molecular complexity index is 1090.